The van der Waals surface area contributed by atoms with Crippen molar-refractivity contribution < 1.29 is 18.1 Å². The van der Waals surface area contributed by atoms with Crippen LogP contribution in [0.5, 0.6) is 0 Å². The number of nitro groups is 1. The summed E-state index contributed by atoms with van der Waals surface area (Å²) in [5, 5.41) is 13.4. The monoisotopic (exact) mass is 391 g/mol. The first-order valence-electron chi connectivity index (χ1n) is 8.25. The van der Waals surface area contributed by atoms with Crippen LogP contribution in [0.3, 0.4) is 0 Å². The van der Waals surface area contributed by atoms with Crippen molar-refractivity contribution in [2.24, 2.45) is 0 Å². The molecule has 0 aliphatic carbocycles. The van der Waals surface area contributed by atoms with Crippen LogP contribution < -0.4 is 9.62 Å². The molecule has 0 aromatic heterocycles. The van der Waals surface area contributed by atoms with Crippen LogP contribution in [0.1, 0.15) is 18.4 Å². The molecule has 0 atom stereocenters. The Hall–Kier alpha value is -2.94. The fourth-order valence-electron chi connectivity index (χ4n) is 2.50. The minimum atomic E-state index is -3.48. The van der Waals surface area contributed by atoms with E-state index in [2.05, 4.69) is 5.32 Å². The number of hydrogen-bond donors (Lipinski definition) is 1. The summed E-state index contributed by atoms with van der Waals surface area (Å²) in [5.41, 5.74) is 1.77. The molecule has 0 spiro atoms. The Kier molecular flexibility index (Phi) is 6.51. The van der Waals surface area contributed by atoms with Gasteiger partial charge in [-0.25, -0.2) is 8.42 Å². The van der Waals surface area contributed by atoms with Gasteiger partial charge in [0.1, 0.15) is 0 Å². The van der Waals surface area contributed by atoms with E-state index in [0.29, 0.717) is 17.8 Å². The highest BCUT2D eigenvalue weighted by atomic mass is 32.2. The Bertz CT molecular complexity index is 926. The van der Waals surface area contributed by atoms with Crippen molar-refractivity contribution in [1.82, 2.24) is 0 Å². The summed E-state index contributed by atoms with van der Waals surface area (Å²) in [5.74, 6) is -0.340. The molecule has 2 rings (SSSR count). The van der Waals surface area contributed by atoms with Crippen LogP contribution in [0.25, 0.3) is 0 Å². The van der Waals surface area contributed by atoms with E-state index in [-0.39, 0.29) is 24.6 Å². The number of nitro benzene ring substituents is 1. The van der Waals surface area contributed by atoms with Gasteiger partial charge in [0, 0.05) is 30.8 Å². The van der Waals surface area contributed by atoms with Gasteiger partial charge in [0.15, 0.2) is 0 Å². The standard InChI is InChI=1S/C18H21N3O5S/c1-14-8-10-16(11-9-14)20(27(2,25)26)12-4-7-18(22)19-15-5-3-6-17(13-15)21(23)24/h3,5-6,8-11,13H,4,7,12H2,1-2H3,(H,19,22). The normalized spacial score (nSPS) is 11.0. The molecule has 0 unspecified atom stereocenters. The Morgan fingerprint density at radius 2 is 1.85 bits per heavy atom. The van der Waals surface area contributed by atoms with Gasteiger partial charge in [-0.1, -0.05) is 23.8 Å². The molecule has 1 amide bonds. The maximum Gasteiger partial charge on any atom is 0.271 e. The number of rotatable bonds is 8. The van der Waals surface area contributed by atoms with Crippen molar-refractivity contribution in [3.8, 4) is 0 Å². The quantitative estimate of drug-likeness (QED) is 0.549. The number of nitrogens with one attached hydrogen (secondary N) is 1. The summed E-state index contributed by atoms with van der Waals surface area (Å²) in [6.45, 7) is 2.07. The molecule has 0 radical (unpaired) electrons. The van der Waals surface area contributed by atoms with Gasteiger partial charge in [-0.05, 0) is 31.5 Å². The van der Waals surface area contributed by atoms with Gasteiger partial charge in [0.25, 0.3) is 5.69 Å². The smallest absolute Gasteiger partial charge is 0.271 e. The highest BCUT2D eigenvalue weighted by Crippen LogP contribution is 2.20. The van der Waals surface area contributed by atoms with Crippen LogP contribution in [0.4, 0.5) is 17.1 Å². The average Bonchev–Trinajstić information content (AvgIpc) is 2.59. The number of nitrogens with zero attached hydrogens (tertiary/aromatic N) is 2. The van der Waals surface area contributed by atoms with Gasteiger partial charge in [0.05, 0.1) is 16.9 Å². The predicted octanol–water partition coefficient (Wildman–Crippen LogP) is 3.09. The van der Waals surface area contributed by atoms with E-state index in [0.717, 1.165) is 11.8 Å². The minimum Gasteiger partial charge on any atom is -0.326 e. The molecule has 0 saturated heterocycles. The van der Waals surface area contributed by atoms with Gasteiger partial charge >= 0.3 is 0 Å². The molecule has 0 saturated carbocycles. The first kappa shape index (κ1) is 20.4. The van der Waals surface area contributed by atoms with Crippen molar-refractivity contribution in [2.45, 2.75) is 19.8 Å². The maximum atomic E-state index is 12.1. The summed E-state index contributed by atoms with van der Waals surface area (Å²) in [4.78, 5) is 22.3. The van der Waals surface area contributed by atoms with E-state index in [1.165, 1.54) is 22.5 Å². The lowest BCUT2D eigenvalue weighted by atomic mass is 10.2. The van der Waals surface area contributed by atoms with E-state index in [9.17, 15) is 23.3 Å². The molecule has 0 fully saturated rings. The Balaban J connectivity index is 1.96. The average molecular weight is 391 g/mol. The van der Waals surface area contributed by atoms with E-state index in [1.807, 2.05) is 19.1 Å². The Morgan fingerprint density at radius 3 is 2.44 bits per heavy atom. The third kappa shape index (κ3) is 6.07. The van der Waals surface area contributed by atoms with E-state index < -0.39 is 14.9 Å². The molecule has 0 heterocycles. The van der Waals surface area contributed by atoms with E-state index in [1.54, 1.807) is 18.2 Å². The van der Waals surface area contributed by atoms with Crippen LogP contribution >= 0.6 is 0 Å². The second-order valence-electron chi connectivity index (χ2n) is 6.13. The molecule has 0 bridgehead atoms. The minimum absolute atomic E-state index is 0.0839. The third-order valence-electron chi connectivity index (χ3n) is 3.83. The number of non-ortho nitro benzene ring substituents is 1. The van der Waals surface area contributed by atoms with Crippen molar-refractivity contribution >= 4 is 33.0 Å². The van der Waals surface area contributed by atoms with E-state index >= 15 is 0 Å². The molecule has 144 valence electrons. The number of carbonyl (C=O) groups excluding carboxylic acids is 1. The predicted molar refractivity (Wildman–Crippen MR) is 104 cm³/mol. The SMILES string of the molecule is Cc1ccc(N(CCCC(=O)Nc2cccc([N+](=O)[O-])c2)S(C)(=O)=O)cc1. The maximum absolute atomic E-state index is 12.1. The van der Waals surface area contributed by atoms with Gasteiger partial charge in [0.2, 0.25) is 15.9 Å². The van der Waals surface area contributed by atoms with Crippen LogP contribution in [-0.2, 0) is 14.8 Å². The van der Waals surface area contributed by atoms with Crippen LogP contribution in [0.15, 0.2) is 48.5 Å². The topological polar surface area (TPSA) is 110 Å². The number of benzene rings is 2. The van der Waals surface area contributed by atoms with Gasteiger partial charge < -0.3 is 5.32 Å². The molecular weight excluding hydrogens is 370 g/mol. The second kappa shape index (κ2) is 8.63. The molecule has 8 nitrogen and oxygen atoms in total. The summed E-state index contributed by atoms with van der Waals surface area (Å²) in [6.07, 6.45) is 1.51. The molecule has 0 aliphatic heterocycles. The second-order valence-corrected chi connectivity index (χ2v) is 8.04. The first-order chi connectivity index (χ1) is 12.7. The fraction of sp³-hybridized carbons (Fsp3) is 0.278. The van der Waals surface area contributed by atoms with E-state index in [4.69, 9.17) is 0 Å². The molecule has 1 N–H and O–H groups in total. The van der Waals surface area contributed by atoms with Gasteiger partial charge in [-0.3, -0.25) is 19.2 Å². The van der Waals surface area contributed by atoms with Crippen molar-refractivity contribution in [3.05, 3.63) is 64.2 Å². The van der Waals surface area contributed by atoms with Crippen LogP contribution in [-0.4, -0.2) is 32.0 Å². The lowest BCUT2D eigenvalue weighted by molar-refractivity contribution is -0.384. The zero-order valence-electron chi connectivity index (χ0n) is 15.1. The molecular formula is C18H21N3O5S. The van der Waals surface area contributed by atoms with Crippen LogP contribution in [0, 0.1) is 17.0 Å². The molecule has 2 aromatic rings. The van der Waals surface area contributed by atoms with Crippen molar-refractivity contribution in [1.29, 1.82) is 0 Å². The molecule has 0 aliphatic rings. The third-order valence-corrected chi connectivity index (χ3v) is 5.02. The lowest BCUT2D eigenvalue weighted by Gasteiger charge is -2.22. The van der Waals surface area contributed by atoms with Crippen molar-refractivity contribution in [3.63, 3.8) is 0 Å². The zero-order chi connectivity index (χ0) is 20.0. The first-order valence-corrected chi connectivity index (χ1v) is 10.1. The Labute approximate surface area is 158 Å². The fourth-order valence-corrected chi connectivity index (χ4v) is 3.47. The lowest BCUT2D eigenvalue weighted by Crippen LogP contribution is -2.31. The summed E-state index contributed by atoms with van der Waals surface area (Å²) >= 11 is 0. The molecule has 9 heteroatoms. The Morgan fingerprint density at radius 1 is 1.19 bits per heavy atom. The number of sulfonamides is 1. The largest absolute Gasteiger partial charge is 0.326 e. The highest BCUT2D eigenvalue weighted by Gasteiger charge is 2.17. The van der Waals surface area contributed by atoms with Crippen LogP contribution in [0.2, 0.25) is 0 Å². The summed E-state index contributed by atoms with van der Waals surface area (Å²) in [7, 11) is -3.48. The van der Waals surface area contributed by atoms with Gasteiger partial charge in [-0.15, -0.1) is 0 Å². The van der Waals surface area contributed by atoms with Crippen molar-refractivity contribution in [2.75, 3.05) is 22.4 Å². The number of hydrogen-bond acceptors (Lipinski definition) is 5. The number of anilines is 2. The summed E-state index contributed by atoms with van der Waals surface area (Å²) < 4.78 is 25.3. The number of aryl methyl sites for hydroxylation is 1. The number of carbonyl (C=O) groups is 1. The number of amides is 1. The highest BCUT2D eigenvalue weighted by molar-refractivity contribution is 7.92. The summed E-state index contributed by atoms with van der Waals surface area (Å²) in [6, 6.07) is 12.7. The molecule has 2 aromatic carbocycles. The molecule has 27 heavy (non-hydrogen) atoms. The zero-order valence-corrected chi connectivity index (χ0v) is 15.9. The van der Waals surface area contributed by atoms with Gasteiger partial charge in [-0.2, -0.15) is 0 Å².